The zero-order valence-corrected chi connectivity index (χ0v) is 18.3. The molecule has 4 nitrogen and oxygen atoms in total. The summed E-state index contributed by atoms with van der Waals surface area (Å²) in [4.78, 5) is 25.2. The van der Waals surface area contributed by atoms with Crippen LogP contribution in [-0.2, 0) is 0 Å². The Morgan fingerprint density at radius 3 is 2.45 bits per heavy atom. The third kappa shape index (κ3) is 5.14. The molecule has 31 heavy (non-hydrogen) atoms. The molecule has 7 heteroatoms. The van der Waals surface area contributed by atoms with Gasteiger partial charge < -0.3 is 9.73 Å². The quantitative estimate of drug-likeness (QED) is 0.236. The van der Waals surface area contributed by atoms with E-state index in [-0.39, 0.29) is 11.7 Å². The predicted octanol–water partition coefficient (Wildman–Crippen LogP) is 7.46. The summed E-state index contributed by atoms with van der Waals surface area (Å²) >= 11 is 13.4. The van der Waals surface area contributed by atoms with Crippen molar-refractivity contribution in [2.24, 2.45) is 0 Å². The van der Waals surface area contributed by atoms with Gasteiger partial charge in [-0.05, 0) is 78.2 Å². The van der Waals surface area contributed by atoms with E-state index in [1.54, 1.807) is 60.7 Å². The molecular formula is C24H15Cl2NO3S. The van der Waals surface area contributed by atoms with E-state index < -0.39 is 0 Å². The molecule has 0 bridgehead atoms. The van der Waals surface area contributed by atoms with Gasteiger partial charge in [-0.3, -0.25) is 9.59 Å². The number of hydrogen-bond acceptors (Lipinski definition) is 4. The van der Waals surface area contributed by atoms with Gasteiger partial charge in [-0.25, -0.2) is 0 Å². The Morgan fingerprint density at radius 2 is 1.74 bits per heavy atom. The molecule has 0 atom stereocenters. The van der Waals surface area contributed by atoms with E-state index in [1.807, 2.05) is 17.5 Å². The van der Waals surface area contributed by atoms with Gasteiger partial charge in [-0.15, -0.1) is 11.3 Å². The average Bonchev–Trinajstić information content (AvgIpc) is 3.47. The minimum Gasteiger partial charge on any atom is -0.457 e. The van der Waals surface area contributed by atoms with Gasteiger partial charge in [0.1, 0.15) is 11.5 Å². The molecule has 0 fully saturated rings. The zero-order valence-electron chi connectivity index (χ0n) is 16.0. The highest BCUT2D eigenvalue weighted by atomic mass is 35.5. The van der Waals surface area contributed by atoms with Crippen LogP contribution in [0.25, 0.3) is 17.4 Å². The number of anilines is 1. The highest BCUT2D eigenvalue weighted by molar-refractivity contribution is 7.12. The van der Waals surface area contributed by atoms with Crippen LogP contribution in [0.1, 0.15) is 25.8 Å². The molecule has 0 aliphatic rings. The summed E-state index contributed by atoms with van der Waals surface area (Å²) in [7, 11) is 0. The van der Waals surface area contributed by atoms with E-state index in [4.69, 9.17) is 27.6 Å². The highest BCUT2D eigenvalue weighted by Gasteiger charge is 2.09. The Bertz CT molecular complexity index is 1260. The minimum atomic E-state index is -0.177. The second-order valence-electron chi connectivity index (χ2n) is 6.54. The lowest BCUT2D eigenvalue weighted by Gasteiger charge is -2.04. The van der Waals surface area contributed by atoms with Crippen LogP contribution in [0.15, 0.2) is 82.6 Å². The lowest BCUT2D eigenvalue weighted by molar-refractivity contribution is 0.102. The van der Waals surface area contributed by atoms with Gasteiger partial charge in [0.05, 0.1) is 14.9 Å². The van der Waals surface area contributed by atoms with Crippen LogP contribution >= 0.6 is 34.5 Å². The van der Waals surface area contributed by atoms with E-state index >= 15 is 0 Å². The van der Waals surface area contributed by atoms with Crippen molar-refractivity contribution in [2.45, 2.75) is 0 Å². The summed E-state index contributed by atoms with van der Waals surface area (Å²) < 4.78 is 5.76. The third-order valence-electron chi connectivity index (χ3n) is 4.40. The van der Waals surface area contributed by atoms with Gasteiger partial charge in [0.15, 0.2) is 5.78 Å². The van der Waals surface area contributed by atoms with Crippen LogP contribution in [0.3, 0.4) is 0 Å². The second kappa shape index (κ2) is 9.35. The summed E-state index contributed by atoms with van der Waals surface area (Å²) in [6.45, 7) is 0. The summed E-state index contributed by atoms with van der Waals surface area (Å²) in [5.41, 5.74) is 1.92. The number of carbonyl (C=O) groups excluding carboxylic acids is 2. The number of amides is 1. The standard InChI is InChI=1S/C24H15Cl2NO3S/c25-19-10-5-16(14-20(19)26)22-12-9-18(30-22)8-11-21(28)15-3-6-17(7-4-15)27-24(29)23-2-1-13-31-23/h1-14H,(H,27,29)/b11-8+. The molecule has 2 aromatic heterocycles. The van der Waals surface area contributed by atoms with Crippen molar-refractivity contribution in [1.29, 1.82) is 0 Å². The number of hydrogen-bond donors (Lipinski definition) is 1. The fraction of sp³-hybridized carbons (Fsp3) is 0. The lowest BCUT2D eigenvalue weighted by atomic mass is 10.1. The van der Waals surface area contributed by atoms with Gasteiger partial charge in [-0.2, -0.15) is 0 Å². The first-order valence-corrected chi connectivity index (χ1v) is 10.9. The van der Waals surface area contributed by atoms with Crippen LogP contribution in [0.5, 0.6) is 0 Å². The first-order valence-electron chi connectivity index (χ1n) is 9.22. The first-order chi connectivity index (χ1) is 15.0. The largest absolute Gasteiger partial charge is 0.457 e. The fourth-order valence-electron chi connectivity index (χ4n) is 2.82. The molecule has 1 amide bonds. The van der Waals surface area contributed by atoms with E-state index in [1.165, 1.54) is 17.4 Å². The van der Waals surface area contributed by atoms with Gasteiger partial charge >= 0.3 is 0 Å². The number of thiophene rings is 1. The van der Waals surface area contributed by atoms with Gasteiger partial charge in [0.25, 0.3) is 5.91 Å². The Balaban J connectivity index is 1.40. The fourth-order valence-corrected chi connectivity index (χ4v) is 3.74. The average molecular weight is 468 g/mol. The number of nitrogens with one attached hydrogen (secondary N) is 1. The topological polar surface area (TPSA) is 59.3 Å². The summed E-state index contributed by atoms with van der Waals surface area (Å²) in [5.74, 6) is 0.805. The van der Waals surface area contributed by atoms with Crippen LogP contribution in [0.2, 0.25) is 10.0 Å². The van der Waals surface area contributed by atoms with Crippen molar-refractivity contribution in [3.05, 3.63) is 104 Å². The zero-order chi connectivity index (χ0) is 21.8. The van der Waals surface area contributed by atoms with E-state index in [0.29, 0.717) is 37.7 Å². The monoisotopic (exact) mass is 467 g/mol. The molecule has 0 aliphatic carbocycles. The maximum atomic E-state index is 12.5. The predicted molar refractivity (Wildman–Crippen MR) is 126 cm³/mol. The molecule has 2 aromatic carbocycles. The van der Waals surface area contributed by atoms with Crippen molar-refractivity contribution >= 4 is 58.0 Å². The third-order valence-corrected chi connectivity index (χ3v) is 6.01. The van der Waals surface area contributed by atoms with Crippen molar-refractivity contribution < 1.29 is 14.0 Å². The number of carbonyl (C=O) groups is 2. The van der Waals surface area contributed by atoms with Crippen molar-refractivity contribution in [2.75, 3.05) is 5.32 Å². The first kappa shape index (κ1) is 21.1. The molecule has 0 radical (unpaired) electrons. The maximum absolute atomic E-state index is 12.5. The van der Waals surface area contributed by atoms with Crippen LogP contribution in [0.4, 0.5) is 5.69 Å². The molecule has 0 spiro atoms. The molecule has 4 aromatic rings. The molecular weight excluding hydrogens is 453 g/mol. The second-order valence-corrected chi connectivity index (χ2v) is 8.30. The van der Waals surface area contributed by atoms with Crippen molar-refractivity contribution in [3.8, 4) is 11.3 Å². The van der Waals surface area contributed by atoms with E-state index in [9.17, 15) is 9.59 Å². The molecule has 1 N–H and O–H groups in total. The molecule has 0 saturated heterocycles. The Labute approximate surface area is 192 Å². The van der Waals surface area contributed by atoms with Gasteiger partial charge in [0, 0.05) is 16.8 Å². The molecule has 2 heterocycles. The van der Waals surface area contributed by atoms with Crippen LogP contribution < -0.4 is 5.32 Å². The normalized spacial score (nSPS) is 11.0. The molecule has 4 rings (SSSR count). The molecule has 0 unspecified atom stereocenters. The number of ketones is 1. The van der Waals surface area contributed by atoms with Crippen LogP contribution in [0, 0.1) is 0 Å². The van der Waals surface area contributed by atoms with Gasteiger partial charge in [-0.1, -0.05) is 29.3 Å². The molecule has 0 saturated carbocycles. The van der Waals surface area contributed by atoms with E-state index in [0.717, 1.165) is 5.56 Å². The van der Waals surface area contributed by atoms with Gasteiger partial charge in [0.2, 0.25) is 0 Å². The molecule has 0 aliphatic heterocycles. The van der Waals surface area contributed by atoms with Crippen LogP contribution in [-0.4, -0.2) is 11.7 Å². The van der Waals surface area contributed by atoms with Crippen molar-refractivity contribution in [1.82, 2.24) is 0 Å². The number of allylic oxidation sites excluding steroid dienone is 1. The Kier molecular flexibility index (Phi) is 6.37. The summed E-state index contributed by atoms with van der Waals surface area (Å²) in [5, 5.41) is 5.56. The summed E-state index contributed by atoms with van der Waals surface area (Å²) in [6, 6.07) is 19.1. The number of rotatable bonds is 6. The minimum absolute atomic E-state index is 0.176. The Hall–Kier alpha value is -3.12. The maximum Gasteiger partial charge on any atom is 0.265 e. The van der Waals surface area contributed by atoms with E-state index in [2.05, 4.69) is 5.32 Å². The number of benzene rings is 2. The van der Waals surface area contributed by atoms with Crippen molar-refractivity contribution in [3.63, 3.8) is 0 Å². The SMILES string of the molecule is O=C(/C=C/c1ccc(-c2ccc(Cl)c(Cl)c2)o1)c1ccc(NC(=O)c2cccs2)cc1. The Morgan fingerprint density at radius 1 is 0.935 bits per heavy atom. The molecule has 154 valence electrons. The number of furan rings is 1. The highest BCUT2D eigenvalue weighted by Crippen LogP contribution is 2.29. The smallest absolute Gasteiger partial charge is 0.265 e. The summed E-state index contributed by atoms with van der Waals surface area (Å²) in [6.07, 6.45) is 3.05. The number of halogens is 2. The lowest BCUT2D eigenvalue weighted by Crippen LogP contribution is -2.10.